The van der Waals surface area contributed by atoms with E-state index in [4.69, 9.17) is 16.3 Å². The minimum Gasteiger partial charge on any atom is -0.368 e. The van der Waals surface area contributed by atoms with Gasteiger partial charge in [-0.25, -0.2) is 0 Å². The first-order chi connectivity index (χ1) is 13.6. The Balaban J connectivity index is 1.29. The summed E-state index contributed by atoms with van der Waals surface area (Å²) in [6.07, 6.45) is 3.99. The van der Waals surface area contributed by atoms with Crippen LogP contribution in [0.2, 0.25) is 5.02 Å². The normalized spacial score (nSPS) is 24.4. The number of guanidine groups is 1. The number of nitrogens with one attached hydrogen (secondary N) is 1. The van der Waals surface area contributed by atoms with Crippen molar-refractivity contribution < 1.29 is 9.53 Å². The van der Waals surface area contributed by atoms with E-state index in [1.807, 2.05) is 24.1 Å². The Bertz CT molecular complexity index is 718. The lowest BCUT2D eigenvalue weighted by Gasteiger charge is -2.37. The highest BCUT2D eigenvalue weighted by Crippen LogP contribution is 2.47. The van der Waals surface area contributed by atoms with Crippen molar-refractivity contribution in [3.63, 3.8) is 0 Å². The van der Waals surface area contributed by atoms with Crippen LogP contribution in [0, 0.1) is 0 Å². The van der Waals surface area contributed by atoms with Gasteiger partial charge in [0.05, 0.1) is 0 Å². The summed E-state index contributed by atoms with van der Waals surface area (Å²) in [6, 6.07) is 8.21. The van der Waals surface area contributed by atoms with Crippen molar-refractivity contribution in [2.45, 2.75) is 37.2 Å². The molecule has 1 aliphatic carbocycles. The molecule has 0 spiro atoms. The predicted octanol–water partition coefficient (Wildman–Crippen LogP) is 2.27. The zero-order valence-electron chi connectivity index (χ0n) is 16.5. The standard InChI is InChI=1S/C21H29ClN4O2/c1-23-20(24-15-21(8-9-21)16-4-6-17(22)7-5-16)26-12-10-25(11-13-26)19(27)18-3-2-14-28-18/h4-7,18H,2-3,8-15H2,1H3,(H,23,24). The number of hydrogen-bond acceptors (Lipinski definition) is 3. The van der Waals surface area contributed by atoms with Crippen LogP contribution in [0.5, 0.6) is 0 Å². The smallest absolute Gasteiger partial charge is 0.251 e. The van der Waals surface area contributed by atoms with Crippen LogP contribution in [0.25, 0.3) is 0 Å². The van der Waals surface area contributed by atoms with E-state index < -0.39 is 0 Å². The van der Waals surface area contributed by atoms with E-state index in [0.717, 1.165) is 56.5 Å². The number of carbonyl (C=O) groups excluding carboxylic acids is 1. The molecule has 1 saturated carbocycles. The zero-order chi connectivity index (χ0) is 19.6. The lowest BCUT2D eigenvalue weighted by atomic mass is 9.96. The van der Waals surface area contributed by atoms with Gasteiger partial charge in [0.1, 0.15) is 6.10 Å². The van der Waals surface area contributed by atoms with Gasteiger partial charge in [-0.3, -0.25) is 9.79 Å². The SMILES string of the molecule is CN=C(NCC1(c2ccc(Cl)cc2)CC1)N1CCN(C(=O)C2CCCO2)CC1. The molecule has 6 nitrogen and oxygen atoms in total. The zero-order valence-corrected chi connectivity index (χ0v) is 17.2. The van der Waals surface area contributed by atoms with Crippen LogP contribution in [-0.4, -0.2) is 74.1 Å². The summed E-state index contributed by atoms with van der Waals surface area (Å²) in [7, 11) is 1.83. The minimum absolute atomic E-state index is 0.153. The van der Waals surface area contributed by atoms with Crippen molar-refractivity contribution in [1.29, 1.82) is 0 Å². The summed E-state index contributed by atoms with van der Waals surface area (Å²) >= 11 is 6.03. The van der Waals surface area contributed by atoms with Gasteiger partial charge in [0.2, 0.25) is 0 Å². The predicted molar refractivity (Wildman–Crippen MR) is 111 cm³/mol. The van der Waals surface area contributed by atoms with E-state index in [2.05, 4.69) is 27.3 Å². The van der Waals surface area contributed by atoms with Crippen LogP contribution >= 0.6 is 11.6 Å². The molecule has 1 amide bonds. The molecule has 4 rings (SSSR count). The molecule has 1 aromatic carbocycles. The van der Waals surface area contributed by atoms with Gasteiger partial charge in [-0.05, 0) is 43.4 Å². The molecule has 0 aromatic heterocycles. The van der Waals surface area contributed by atoms with Gasteiger partial charge in [-0.2, -0.15) is 0 Å². The van der Waals surface area contributed by atoms with Crippen LogP contribution in [-0.2, 0) is 14.9 Å². The average Bonchev–Trinajstić information content (AvgIpc) is 3.31. The van der Waals surface area contributed by atoms with Crippen LogP contribution in [0.4, 0.5) is 0 Å². The number of piperazine rings is 1. The maximum absolute atomic E-state index is 12.5. The number of amides is 1. The lowest BCUT2D eigenvalue weighted by molar-refractivity contribution is -0.142. The first-order valence-corrected chi connectivity index (χ1v) is 10.6. The summed E-state index contributed by atoms with van der Waals surface area (Å²) in [5.41, 5.74) is 1.53. The fraction of sp³-hybridized carbons (Fsp3) is 0.619. The Labute approximate surface area is 171 Å². The highest BCUT2D eigenvalue weighted by atomic mass is 35.5. The Morgan fingerprint density at radius 1 is 1.21 bits per heavy atom. The highest BCUT2D eigenvalue weighted by Gasteiger charge is 2.44. The quantitative estimate of drug-likeness (QED) is 0.617. The van der Waals surface area contributed by atoms with Crippen molar-refractivity contribution in [2.24, 2.45) is 4.99 Å². The minimum atomic E-state index is -0.224. The molecule has 3 fully saturated rings. The number of hydrogen-bond donors (Lipinski definition) is 1. The van der Waals surface area contributed by atoms with Gasteiger partial charge < -0.3 is 19.9 Å². The number of nitrogens with zero attached hydrogens (tertiary/aromatic N) is 3. The van der Waals surface area contributed by atoms with Crippen molar-refractivity contribution >= 4 is 23.5 Å². The highest BCUT2D eigenvalue weighted by molar-refractivity contribution is 6.30. The van der Waals surface area contributed by atoms with E-state index in [0.29, 0.717) is 6.61 Å². The topological polar surface area (TPSA) is 57.2 Å². The first-order valence-electron chi connectivity index (χ1n) is 10.2. The van der Waals surface area contributed by atoms with Gasteiger partial charge in [-0.15, -0.1) is 0 Å². The van der Waals surface area contributed by atoms with E-state index in [1.54, 1.807) is 0 Å². The molecular weight excluding hydrogens is 376 g/mol. The molecule has 0 bridgehead atoms. The summed E-state index contributed by atoms with van der Waals surface area (Å²) in [5.74, 6) is 1.07. The number of benzene rings is 1. The summed E-state index contributed by atoms with van der Waals surface area (Å²) in [5, 5.41) is 4.35. The van der Waals surface area contributed by atoms with Crippen LogP contribution in [0.3, 0.4) is 0 Å². The second-order valence-electron chi connectivity index (χ2n) is 8.00. The van der Waals surface area contributed by atoms with E-state index >= 15 is 0 Å². The number of aliphatic imine (C=N–C) groups is 1. The largest absolute Gasteiger partial charge is 0.368 e. The number of halogens is 1. The van der Waals surface area contributed by atoms with Crippen molar-refractivity contribution in [3.8, 4) is 0 Å². The van der Waals surface area contributed by atoms with Crippen molar-refractivity contribution in [1.82, 2.24) is 15.1 Å². The number of ether oxygens (including phenoxy) is 1. The molecular formula is C21H29ClN4O2. The molecule has 7 heteroatoms. The Hall–Kier alpha value is -1.79. The molecule has 1 aromatic rings. The molecule has 3 aliphatic rings. The first kappa shape index (κ1) is 19.5. The monoisotopic (exact) mass is 404 g/mol. The summed E-state index contributed by atoms with van der Waals surface area (Å²) in [6.45, 7) is 4.63. The Morgan fingerprint density at radius 3 is 2.46 bits per heavy atom. The van der Waals surface area contributed by atoms with Gasteiger partial charge >= 0.3 is 0 Å². The molecule has 2 saturated heterocycles. The molecule has 1 atom stereocenters. The third-order valence-corrected chi connectivity index (χ3v) is 6.45. The van der Waals surface area contributed by atoms with E-state index in [1.165, 1.54) is 18.4 Å². The maximum Gasteiger partial charge on any atom is 0.251 e. The molecule has 2 aliphatic heterocycles. The molecule has 1 unspecified atom stereocenters. The molecule has 152 valence electrons. The second-order valence-corrected chi connectivity index (χ2v) is 8.44. The maximum atomic E-state index is 12.5. The third-order valence-electron chi connectivity index (χ3n) is 6.20. The van der Waals surface area contributed by atoms with Gasteiger partial charge in [0, 0.05) is 56.8 Å². The van der Waals surface area contributed by atoms with Gasteiger partial charge in [0.15, 0.2) is 5.96 Å². The summed E-state index contributed by atoms with van der Waals surface area (Å²) in [4.78, 5) is 21.2. The van der Waals surface area contributed by atoms with E-state index in [-0.39, 0.29) is 17.4 Å². The Morgan fingerprint density at radius 2 is 1.89 bits per heavy atom. The van der Waals surface area contributed by atoms with Crippen LogP contribution in [0.1, 0.15) is 31.2 Å². The Kier molecular flexibility index (Phi) is 5.78. The van der Waals surface area contributed by atoms with Crippen molar-refractivity contribution in [2.75, 3.05) is 46.4 Å². The van der Waals surface area contributed by atoms with Crippen molar-refractivity contribution in [3.05, 3.63) is 34.9 Å². The van der Waals surface area contributed by atoms with Crippen LogP contribution < -0.4 is 5.32 Å². The molecule has 28 heavy (non-hydrogen) atoms. The number of carbonyl (C=O) groups is 1. The third kappa shape index (κ3) is 4.13. The van der Waals surface area contributed by atoms with Gasteiger partial charge in [-0.1, -0.05) is 23.7 Å². The van der Waals surface area contributed by atoms with Gasteiger partial charge in [0.25, 0.3) is 5.91 Å². The second kappa shape index (κ2) is 8.29. The number of rotatable bonds is 4. The summed E-state index contributed by atoms with van der Waals surface area (Å²) < 4.78 is 5.55. The lowest BCUT2D eigenvalue weighted by Crippen LogP contribution is -2.55. The molecule has 0 radical (unpaired) electrons. The fourth-order valence-corrected chi connectivity index (χ4v) is 4.34. The molecule has 1 N–H and O–H groups in total. The van der Waals surface area contributed by atoms with E-state index in [9.17, 15) is 4.79 Å². The van der Waals surface area contributed by atoms with Crippen LogP contribution in [0.15, 0.2) is 29.3 Å². The average molecular weight is 405 g/mol. The fourth-order valence-electron chi connectivity index (χ4n) is 4.22. The molecule has 2 heterocycles.